The number of aromatic amines is 1. The molecule has 0 radical (unpaired) electrons. The Morgan fingerprint density at radius 3 is 2.68 bits per heavy atom. The number of hydrogen-bond donors (Lipinski definition) is 3. The molecule has 4 rings (SSSR count). The summed E-state index contributed by atoms with van der Waals surface area (Å²) >= 11 is 0. The second-order valence-corrected chi connectivity index (χ2v) is 8.67. The van der Waals surface area contributed by atoms with E-state index in [4.69, 9.17) is 0 Å². The lowest BCUT2D eigenvalue weighted by molar-refractivity contribution is -0.114. The van der Waals surface area contributed by atoms with Gasteiger partial charge in [0.25, 0.3) is 10.0 Å². The van der Waals surface area contributed by atoms with Crippen LogP contribution >= 0.6 is 0 Å². The molecule has 4 aromatic rings. The lowest BCUT2D eigenvalue weighted by Crippen LogP contribution is -2.13. The predicted octanol–water partition coefficient (Wildman–Crippen LogP) is 3.83. The number of anilines is 2. The molecule has 1 amide bonds. The Morgan fingerprint density at radius 1 is 1.13 bits per heavy atom. The Bertz CT molecular complexity index is 1420. The molecule has 2 aromatic carbocycles. The van der Waals surface area contributed by atoms with Gasteiger partial charge in [0.05, 0.1) is 10.3 Å². The summed E-state index contributed by atoms with van der Waals surface area (Å²) in [6.07, 6.45) is 1.39. The molecule has 0 aliphatic rings. The van der Waals surface area contributed by atoms with Crippen LogP contribution in [0.4, 0.5) is 15.9 Å². The van der Waals surface area contributed by atoms with E-state index in [2.05, 4.69) is 25.2 Å². The number of nitrogens with zero attached hydrogens (tertiary/aromatic N) is 2. The number of halogens is 1. The van der Waals surface area contributed by atoms with E-state index in [-0.39, 0.29) is 16.4 Å². The van der Waals surface area contributed by atoms with E-state index < -0.39 is 15.8 Å². The summed E-state index contributed by atoms with van der Waals surface area (Å²) in [5, 5.41) is 9.71. The normalized spacial score (nSPS) is 11.5. The van der Waals surface area contributed by atoms with E-state index in [0.29, 0.717) is 28.1 Å². The van der Waals surface area contributed by atoms with Crippen molar-refractivity contribution < 1.29 is 17.6 Å². The Labute approximate surface area is 177 Å². The van der Waals surface area contributed by atoms with Crippen LogP contribution in [0.15, 0.2) is 59.6 Å². The highest BCUT2D eigenvalue weighted by atomic mass is 32.2. The molecule has 0 aliphatic heterocycles. The molecule has 0 fully saturated rings. The molecule has 0 saturated heterocycles. The third-order valence-electron chi connectivity index (χ3n) is 4.54. The average molecular weight is 439 g/mol. The standard InChI is InChI=1S/C21H18FN5O3S/c1-12-4-3-5-15(8-12)27-31(29,30)16-6-7-19(22)17(10-16)14-9-18-20(23-11-14)25-26-21(18)24-13(2)28/h3-11,27H,1-2H3,(H2,23,24,25,26,28). The minimum absolute atomic E-state index is 0.0523. The monoisotopic (exact) mass is 439 g/mol. The van der Waals surface area contributed by atoms with Gasteiger partial charge in [0.15, 0.2) is 5.65 Å². The number of H-pyrrole nitrogens is 1. The Kier molecular flexibility index (Phi) is 5.15. The van der Waals surface area contributed by atoms with E-state index in [1.54, 1.807) is 24.3 Å². The molecule has 158 valence electrons. The zero-order valence-electron chi connectivity index (χ0n) is 16.6. The van der Waals surface area contributed by atoms with Gasteiger partial charge in [-0.2, -0.15) is 5.10 Å². The maximum Gasteiger partial charge on any atom is 0.261 e. The van der Waals surface area contributed by atoms with Crippen LogP contribution in [-0.2, 0) is 14.8 Å². The van der Waals surface area contributed by atoms with Gasteiger partial charge in [-0.25, -0.2) is 17.8 Å². The fourth-order valence-electron chi connectivity index (χ4n) is 3.13. The van der Waals surface area contributed by atoms with Crippen LogP contribution in [0, 0.1) is 12.7 Å². The quantitative estimate of drug-likeness (QED) is 0.437. The van der Waals surface area contributed by atoms with Gasteiger partial charge in [0.1, 0.15) is 11.6 Å². The van der Waals surface area contributed by atoms with Crippen molar-refractivity contribution in [3.63, 3.8) is 0 Å². The number of nitrogens with one attached hydrogen (secondary N) is 3. The Hall–Kier alpha value is -3.79. The largest absolute Gasteiger partial charge is 0.311 e. The highest BCUT2D eigenvalue weighted by molar-refractivity contribution is 7.92. The van der Waals surface area contributed by atoms with Crippen molar-refractivity contribution >= 4 is 38.5 Å². The Balaban J connectivity index is 1.75. The number of rotatable bonds is 5. The first kappa shape index (κ1) is 20.5. The van der Waals surface area contributed by atoms with Crippen molar-refractivity contribution in [1.82, 2.24) is 15.2 Å². The topological polar surface area (TPSA) is 117 Å². The molecule has 0 spiro atoms. The molecule has 2 heterocycles. The molecule has 0 saturated carbocycles. The first-order valence-electron chi connectivity index (χ1n) is 9.24. The van der Waals surface area contributed by atoms with E-state index in [1.165, 1.54) is 25.3 Å². The molecule has 3 N–H and O–H groups in total. The summed E-state index contributed by atoms with van der Waals surface area (Å²) in [7, 11) is -3.95. The van der Waals surface area contributed by atoms with Gasteiger partial charge < -0.3 is 5.32 Å². The molecule has 10 heteroatoms. The van der Waals surface area contributed by atoms with Crippen LogP contribution < -0.4 is 10.0 Å². The van der Waals surface area contributed by atoms with Gasteiger partial charge in [0.2, 0.25) is 5.91 Å². The maximum atomic E-state index is 14.6. The molecule has 0 bridgehead atoms. The number of carbonyl (C=O) groups excluding carboxylic acids is 1. The summed E-state index contributed by atoms with van der Waals surface area (Å²) < 4.78 is 42.8. The van der Waals surface area contributed by atoms with Crippen LogP contribution in [-0.4, -0.2) is 29.5 Å². The summed E-state index contributed by atoms with van der Waals surface area (Å²) in [4.78, 5) is 15.5. The van der Waals surface area contributed by atoms with E-state index in [1.807, 2.05) is 13.0 Å². The number of benzene rings is 2. The molecule has 0 atom stereocenters. The third-order valence-corrected chi connectivity index (χ3v) is 5.92. The molecule has 0 aliphatic carbocycles. The van der Waals surface area contributed by atoms with Crippen molar-refractivity contribution in [1.29, 1.82) is 0 Å². The van der Waals surface area contributed by atoms with Crippen LogP contribution in [0.2, 0.25) is 0 Å². The minimum atomic E-state index is -3.95. The van der Waals surface area contributed by atoms with Crippen LogP contribution in [0.5, 0.6) is 0 Å². The van der Waals surface area contributed by atoms with E-state index >= 15 is 0 Å². The van der Waals surface area contributed by atoms with Crippen molar-refractivity contribution in [3.05, 3.63) is 66.1 Å². The summed E-state index contributed by atoms with van der Waals surface area (Å²) in [5.74, 6) is -0.597. The SMILES string of the molecule is CC(=O)Nc1[nH]nc2ncc(-c3cc(S(=O)(=O)Nc4cccc(C)c4)ccc3F)cc12. The number of amides is 1. The smallest absolute Gasteiger partial charge is 0.261 e. The zero-order chi connectivity index (χ0) is 22.2. The highest BCUT2D eigenvalue weighted by Gasteiger charge is 2.18. The number of carbonyl (C=O) groups is 1. The maximum absolute atomic E-state index is 14.6. The zero-order valence-corrected chi connectivity index (χ0v) is 17.4. The lowest BCUT2D eigenvalue weighted by atomic mass is 10.1. The Morgan fingerprint density at radius 2 is 1.94 bits per heavy atom. The lowest BCUT2D eigenvalue weighted by Gasteiger charge is -2.11. The van der Waals surface area contributed by atoms with Gasteiger partial charge in [-0.1, -0.05) is 12.1 Å². The average Bonchev–Trinajstić information content (AvgIpc) is 3.09. The minimum Gasteiger partial charge on any atom is -0.311 e. The fraction of sp³-hybridized carbons (Fsp3) is 0.0952. The van der Waals surface area contributed by atoms with Crippen molar-refractivity contribution in [3.8, 4) is 11.1 Å². The third kappa shape index (κ3) is 4.24. The second kappa shape index (κ2) is 7.80. The van der Waals surface area contributed by atoms with Crippen LogP contribution in [0.25, 0.3) is 22.2 Å². The van der Waals surface area contributed by atoms with Crippen molar-refractivity contribution in [2.75, 3.05) is 10.0 Å². The highest BCUT2D eigenvalue weighted by Crippen LogP contribution is 2.30. The van der Waals surface area contributed by atoms with Crippen LogP contribution in [0.1, 0.15) is 12.5 Å². The van der Waals surface area contributed by atoms with Gasteiger partial charge in [-0.05, 0) is 48.9 Å². The van der Waals surface area contributed by atoms with Gasteiger partial charge in [-0.15, -0.1) is 0 Å². The van der Waals surface area contributed by atoms with Crippen molar-refractivity contribution in [2.24, 2.45) is 0 Å². The fourth-order valence-corrected chi connectivity index (χ4v) is 4.21. The molecule has 0 unspecified atom stereocenters. The number of aromatic nitrogens is 3. The van der Waals surface area contributed by atoms with E-state index in [9.17, 15) is 17.6 Å². The van der Waals surface area contributed by atoms with Crippen molar-refractivity contribution in [2.45, 2.75) is 18.7 Å². The molecule has 2 aromatic heterocycles. The summed E-state index contributed by atoms with van der Waals surface area (Å²) in [6, 6.07) is 12.0. The first-order valence-corrected chi connectivity index (χ1v) is 10.7. The van der Waals surface area contributed by atoms with Gasteiger partial charge in [0, 0.05) is 29.9 Å². The van der Waals surface area contributed by atoms with Crippen LogP contribution in [0.3, 0.4) is 0 Å². The number of fused-ring (bicyclic) bond motifs is 1. The number of aryl methyl sites for hydroxylation is 1. The molecular formula is C21H18FN5O3S. The first-order chi connectivity index (χ1) is 14.7. The second-order valence-electron chi connectivity index (χ2n) is 6.99. The number of pyridine rings is 1. The van der Waals surface area contributed by atoms with E-state index in [0.717, 1.165) is 11.6 Å². The van der Waals surface area contributed by atoms with Gasteiger partial charge >= 0.3 is 0 Å². The number of hydrogen-bond acceptors (Lipinski definition) is 5. The van der Waals surface area contributed by atoms with Gasteiger partial charge in [-0.3, -0.25) is 14.6 Å². The summed E-state index contributed by atoms with van der Waals surface area (Å²) in [6.45, 7) is 3.20. The molecular weight excluding hydrogens is 421 g/mol. The molecule has 31 heavy (non-hydrogen) atoms. The predicted molar refractivity (Wildman–Crippen MR) is 116 cm³/mol. The molecule has 8 nitrogen and oxygen atoms in total. The number of sulfonamides is 1. The summed E-state index contributed by atoms with van der Waals surface area (Å²) in [5.41, 5.74) is 2.03.